The van der Waals surface area contributed by atoms with E-state index >= 15 is 0 Å². The van der Waals surface area contributed by atoms with Gasteiger partial charge >= 0.3 is 0 Å². The van der Waals surface area contributed by atoms with Gasteiger partial charge in [0.05, 0.1) is 18.4 Å². The number of fused-ring (bicyclic) bond motifs is 1. The molecule has 2 aliphatic rings. The molecule has 1 unspecified atom stereocenters. The van der Waals surface area contributed by atoms with Crippen molar-refractivity contribution < 1.29 is 10.2 Å². The summed E-state index contributed by atoms with van der Waals surface area (Å²) in [5, 5.41) is 23.2. The van der Waals surface area contributed by atoms with Crippen molar-refractivity contribution in [1.82, 2.24) is 29.7 Å². The van der Waals surface area contributed by atoms with Gasteiger partial charge in [0.1, 0.15) is 11.3 Å². The monoisotopic (exact) mass is 464 g/mol. The van der Waals surface area contributed by atoms with Gasteiger partial charge in [-0.2, -0.15) is 0 Å². The van der Waals surface area contributed by atoms with Gasteiger partial charge in [-0.15, -0.1) is 0 Å². The quantitative estimate of drug-likeness (QED) is 0.454. The van der Waals surface area contributed by atoms with Gasteiger partial charge in [0.2, 0.25) is 5.95 Å². The van der Waals surface area contributed by atoms with Crippen molar-refractivity contribution in [2.24, 2.45) is 0 Å². The van der Waals surface area contributed by atoms with Crippen LogP contribution in [-0.2, 0) is 6.54 Å². The summed E-state index contributed by atoms with van der Waals surface area (Å²) in [6.45, 7) is 9.40. The summed E-state index contributed by atoms with van der Waals surface area (Å²) in [4.78, 5) is 25.3. The second-order valence-electron chi connectivity index (χ2n) is 9.04. The van der Waals surface area contributed by atoms with Gasteiger partial charge in [0.15, 0.2) is 5.82 Å². The summed E-state index contributed by atoms with van der Waals surface area (Å²) in [6.07, 6.45) is 4.15. The molecule has 0 bridgehead atoms. The molecule has 5 heterocycles. The zero-order chi connectivity index (χ0) is 23.5. The van der Waals surface area contributed by atoms with E-state index in [-0.39, 0.29) is 6.61 Å². The molecule has 10 heteroatoms. The number of piperazine rings is 1. The number of pyridine rings is 2. The van der Waals surface area contributed by atoms with Crippen LogP contribution in [0.15, 0.2) is 30.6 Å². The van der Waals surface area contributed by atoms with Crippen LogP contribution in [0.2, 0.25) is 0 Å². The van der Waals surface area contributed by atoms with Gasteiger partial charge in [-0.25, -0.2) is 19.9 Å². The maximum atomic E-state index is 10.0. The summed E-state index contributed by atoms with van der Waals surface area (Å²) in [5.74, 6) is 1.96. The van der Waals surface area contributed by atoms with Crippen molar-refractivity contribution in [1.29, 1.82) is 0 Å². The number of aromatic nitrogens is 4. The van der Waals surface area contributed by atoms with Crippen LogP contribution >= 0.6 is 0 Å². The summed E-state index contributed by atoms with van der Waals surface area (Å²) in [6, 6.07) is 5.89. The number of aliphatic hydroxyl groups excluding tert-OH is 2. The average molecular weight is 465 g/mol. The molecule has 5 rings (SSSR count). The summed E-state index contributed by atoms with van der Waals surface area (Å²) in [5.41, 5.74) is 2.57. The van der Waals surface area contributed by atoms with E-state index in [4.69, 9.17) is 10.1 Å². The average Bonchev–Trinajstić information content (AvgIpc) is 2.81. The first-order valence-corrected chi connectivity index (χ1v) is 12.0. The Morgan fingerprint density at radius 3 is 2.44 bits per heavy atom. The maximum Gasteiger partial charge on any atom is 0.229 e. The normalized spacial score (nSPS) is 18.1. The van der Waals surface area contributed by atoms with E-state index in [0.29, 0.717) is 17.5 Å². The molecule has 0 spiro atoms. The highest BCUT2D eigenvalue weighted by Gasteiger charge is 2.22. The Bertz CT molecular complexity index is 1110. The van der Waals surface area contributed by atoms with Crippen LogP contribution < -0.4 is 10.2 Å². The van der Waals surface area contributed by atoms with Gasteiger partial charge in [-0.3, -0.25) is 9.80 Å². The Morgan fingerprint density at radius 1 is 1.00 bits per heavy atom. The Hall–Kier alpha value is -2.92. The number of nitrogens with one attached hydrogen (secondary N) is 1. The molecule has 10 nitrogen and oxygen atoms in total. The fourth-order valence-electron chi connectivity index (χ4n) is 4.34. The summed E-state index contributed by atoms with van der Waals surface area (Å²) >= 11 is 0. The van der Waals surface area contributed by atoms with Crippen molar-refractivity contribution in [3.8, 4) is 0 Å². The van der Waals surface area contributed by atoms with Crippen LogP contribution in [-0.4, -0.2) is 92.4 Å². The topological polar surface area (TPSA) is 114 Å². The molecule has 180 valence electrons. The smallest absolute Gasteiger partial charge is 0.229 e. The standard InChI is InChI=1S/C24H32N8O2/c1-17(34)20-13-19-15-26-24(29-22(19)23(27-20)32-5-2-6-32)28-21-4-3-18(14-25-21)16-31-9-7-30(8-10-31)11-12-33/h3-4,13-15,17,33-34H,2,5-12,16H2,1H3,(H,25,26,28,29). The molecule has 2 fully saturated rings. The minimum Gasteiger partial charge on any atom is -0.395 e. The van der Waals surface area contributed by atoms with E-state index in [1.807, 2.05) is 18.3 Å². The lowest BCUT2D eigenvalue weighted by atomic mass is 10.1. The number of nitrogens with zero attached hydrogens (tertiary/aromatic N) is 7. The third-order valence-electron chi connectivity index (χ3n) is 6.50. The van der Waals surface area contributed by atoms with Crippen molar-refractivity contribution >= 4 is 28.5 Å². The van der Waals surface area contributed by atoms with Crippen LogP contribution in [0.4, 0.5) is 17.6 Å². The van der Waals surface area contributed by atoms with Gasteiger partial charge in [0.25, 0.3) is 0 Å². The van der Waals surface area contributed by atoms with E-state index in [1.165, 1.54) is 0 Å². The van der Waals surface area contributed by atoms with Crippen LogP contribution in [0.5, 0.6) is 0 Å². The van der Waals surface area contributed by atoms with Gasteiger partial charge in [-0.05, 0) is 31.0 Å². The minimum absolute atomic E-state index is 0.221. The lowest BCUT2D eigenvalue weighted by Gasteiger charge is -2.34. The number of β-amino-alcohol motifs (C(OH)–C–C–N with tert-alkyl or cyclic N) is 1. The Kier molecular flexibility index (Phi) is 6.82. The molecule has 1 atom stereocenters. The number of aliphatic hydroxyl groups is 2. The van der Waals surface area contributed by atoms with Crippen LogP contribution in [0.25, 0.3) is 10.9 Å². The molecule has 0 amide bonds. The first kappa shape index (κ1) is 22.9. The second kappa shape index (κ2) is 10.1. The SMILES string of the molecule is CC(O)c1cc2cnc(Nc3ccc(CN4CCN(CCO)CC4)cn3)nc2c(N2CCC2)n1. The zero-order valence-electron chi connectivity index (χ0n) is 19.6. The van der Waals surface area contributed by atoms with Crippen molar-refractivity contribution in [3.63, 3.8) is 0 Å². The molecule has 2 aliphatic heterocycles. The molecule has 2 saturated heterocycles. The fraction of sp³-hybridized carbons (Fsp3) is 0.500. The molecular formula is C24H32N8O2. The third kappa shape index (κ3) is 5.10. The minimum atomic E-state index is -0.644. The van der Waals surface area contributed by atoms with E-state index in [1.54, 1.807) is 13.1 Å². The molecular weight excluding hydrogens is 432 g/mol. The second-order valence-corrected chi connectivity index (χ2v) is 9.04. The highest BCUT2D eigenvalue weighted by Crippen LogP contribution is 2.30. The predicted octanol–water partition coefficient (Wildman–Crippen LogP) is 1.54. The lowest BCUT2D eigenvalue weighted by molar-refractivity contribution is 0.108. The first-order valence-electron chi connectivity index (χ1n) is 12.0. The van der Waals surface area contributed by atoms with Crippen LogP contribution in [0.1, 0.15) is 30.7 Å². The molecule has 34 heavy (non-hydrogen) atoms. The van der Waals surface area contributed by atoms with Crippen LogP contribution in [0.3, 0.4) is 0 Å². The molecule has 0 aliphatic carbocycles. The predicted molar refractivity (Wildman–Crippen MR) is 131 cm³/mol. The maximum absolute atomic E-state index is 10.0. The number of anilines is 3. The van der Waals surface area contributed by atoms with Crippen LogP contribution in [0, 0.1) is 0 Å². The number of hydrogen-bond acceptors (Lipinski definition) is 10. The largest absolute Gasteiger partial charge is 0.395 e. The molecule has 3 aromatic rings. The molecule has 3 aromatic heterocycles. The van der Waals surface area contributed by atoms with Crippen molar-refractivity contribution in [3.05, 3.63) is 41.9 Å². The van der Waals surface area contributed by atoms with Crippen molar-refractivity contribution in [2.75, 3.05) is 62.6 Å². The fourth-order valence-corrected chi connectivity index (χ4v) is 4.34. The Morgan fingerprint density at radius 2 is 1.79 bits per heavy atom. The van der Waals surface area contributed by atoms with Crippen molar-refractivity contribution in [2.45, 2.75) is 26.0 Å². The highest BCUT2D eigenvalue weighted by molar-refractivity contribution is 5.89. The van der Waals surface area contributed by atoms with Gasteiger partial charge < -0.3 is 20.4 Å². The molecule has 3 N–H and O–H groups in total. The van der Waals surface area contributed by atoms with E-state index in [9.17, 15) is 5.11 Å². The zero-order valence-corrected chi connectivity index (χ0v) is 19.6. The van der Waals surface area contributed by atoms with Gasteiger partial charge in [0, 0.05) is 70.1 Å². The molecule has 0 saturated carbocycles. The summed E-state index contributed by atoms with van der Waals surface area (Å²) < 4.78 is 0. The third-order valence-corrected chi connectivity index (χ3v) is 6.50. The number of rotatable bonds is 8. The van der Waals surface area contributed by atoms with E-state index in [0.717, 1.165) is 81.1 Å². The van der Waals surface area contributed by atoms with E-state index < -0.39 is 6.10 Å². The summed E-state index contributed by atoms with van der Waals surface area (Å²) in [7, 11) is 0. The Balaban J connectivity index is 1.27. The van der Waals surface area contributed by atoms with Gasteiger partial charge in [-0.1, -0.05) is 6.07 Å². The lowest BCUT2D eigenvalue weighted by Crippen LogP contribution is -2.46. The highest BCUT2D eigenvalue weighted by atomic mass is 16.3. The molecule has 0 aromatic carbocycles. The van der Waals surface area contributed by atoms with E-state index in [2.05, 4.69) is 41.0 Å². The molecule has 0 radical (unpaired) electrons. The number of hydrogen-bond donors (Lipinski definition) is 3. The first-order chi connectivity index (χ1) is 16.6. The Labute approximate surface area is 199 Å².